The molecule has 0 aliphatic carbocycles. The average molecular weight is 234 g/mol. The molecule has 0 bridgehead atoms. The maximum Gasteiger partial charge on any atom is 0.251 e. The number of hydrogen-bond acceptors (Lipinski definition) is 3. The molecule has 1 aromatic heterocycles. The average Bonchev–Trinajstić information content (AvgIpc) is 2.72. The summed E-state index contributed by atoms with van der Waals surface area (Å²) >= 11 is 0. The van der Waals surface area contributed by atoms with E-state index in [4.69, 9.17) is 11.5 Å². The van der Waals surface area contributed by atoms with Crippen molar-refractivity contribution in [2.45, 2.75) is 6.54 Å². The molecule has 88 valence electrons. The number of rotatable bonds is 3. The highest BCUT2D eigenvalue weighted by Gasteiger charge is 2.09. The van der Waals surface area contributed by atoms with Crippen LogP contribution >= 0.6 is 0 Å². The van der Waals surface area contributed by atoms with Crippen molar-refractivity contribution in [3.8, 4) is 0 Å². The van der Waals surface area contributed by atoms with Gasteiger partial charge in [-0.25, -0.2) is 4.39 Å². The van der Waals surface area contributed by atoms with Crippen LogP contribution < -0.4 is 11.5 Å². The van der Waals surface area contributed by atoms with Gasteiger partial charge in [-0.2, -0.15) is 5.10 Å². The number of anilines is 1. The molecule has 5 nitrogen and oxygen atoms in total. The van der Waals surface area contributed by atoms with Crippen LogP contribution in [0.4, 0.5) is 10.1 Å². The van der Waals surface area contributed by atoms with Crippen molar-refractivity contribution in [3.63, 3.8) is 0 Å². The predicted octanol–water partition coefficient (Wildman–Crippen LogP) is 0.752. The molecule has 1 heterocycles. The molecule has 17 heavy (non-hydrogen) atoms. The summed E-state index contributed by atoms with van der Waals surface area (Å²) in [5, 5.41) is 3.91. The highest BCUT2D eigenvalue weighted by atomic mass is 19.1. The van der Waals surface area contributed by atoms with Gasteiger partial charge in [0.05, 0.1) is 18.3 Å². The van der Waals surface area contributed by atoms with Crippen LogP contribution in [0, 0.1) is 5.82 Å². The Hall–Kier alpha value is -2.37. The predicted molar refractivity (Wildman–Crippen MR) is 60.7 cm³/mol. The third kappa shape index (κ3) is 2.25. The molecule has 4 N–H and O–H groups in total. The van der Waals surface area contributed by atoms with E-state index < -0.39 is 11.7 Å². The topological polar surface area (TPSA) is 86.9 Å². The van der Waals surface area contributed by atoms with E-state index in [0.29, 0.717) is 11.3 Å². The molecule has 6 heteroatoms. The van der Waals surface area contributed by atoms with E-state index in [0.717, 1.165) is 0 Å². The number of carbonyl (C=O) groups is 1. The minimum absolute atomic E-state index is 0.159. The number of nitrogens with two attached hydrogens (primary N) is 2. The molecule has 0 unspecified atom stereocenters. The molecule has 2 aromatic rings. The summed E-state index contributed by atoms with van der Waals surface area (Å²) in [5.41, 5.74) is 11.7. The van der Waals surface area contributed by atoms with E-state index in [9.17, 15) is 9.18 Å². The molecule has 1 aromatic carbocycles. The third-order valence-electron chi connectivity index (χ3n) is 2.39. The van der Waals surface area contributed by atoms with Gasteiger partial charge >= 0.3 is 0 Å². The number of halogens is 1. The van der Waals surface area contributed by atoms with E-state index in [1.165, 1.54) is 29.2 Å². The van der Waals surface area contributed by atoms with Crippen LogP contribution in [0.25, 0.3) is 0 Å². The Kier molecular flexibility index (Phi) is 2.78. The quantitative estimate of drug-likeness (QED) is 0.768. The maximum absolute atomic E-state index is 13.5. The summed E-state index contributed by atoms with van der Waals surface area (Å²) < 4.78 is 14.9. The van der Waals surface area contributed by atoms with Gasteiger partial charge in [0.15, 0.2) is 0 Å². The van der Waals surface area contributed by atoms with E-state index in [-0.39, 0.29) is 12.1 Å². The summed E-state index contributed by atoms with van der Waals surface area (Å²) in [6.07, 6.45) is 2.79. The Morgan fingerprint density at radius 1 is 1.47 bits per heavy atom. The van der Waals surface area contributed by atoms with Gasteiger partial charge in [-0.1, -0.05) is 6.07 Å². The first kappa shape index (κ1) is 11.1. The molecule has 0 fully saturated rings. The molecule has 0 spiro atoms. The lowest BCUT2D eigenvalue weighted by Gasteiger charge is -2.06. The van der Waals surface area contributed by atoms with Crippen molar-refractivity contribution < 1.29 is 9.18 Å². The first-order chi connectivity index (χ1) is 8.08. The minimum Gasteiger partial charge on any atom is -0.398 e. The van der Waals surface area contributed by atoms with E-state index in [1.54, 1.807) is 6.07 Å². The van der Waals surface area contributed by atoms with E-state index in [2.05, 4.69) is 5.10 Å². The second-order valence-corrected chi connectivity index (χ2v) is 3.60. The van der Waals surface area contributed by atoms with Crippen LogP contribution in [0.2, 0.25) is 0 Å². The number of aromatic nitrogens is 2. The molecular weight excluding hydrogens is 223 g/mol. The van der Waals surface area contributed by atoms with Crippen molar-refractivity contribution >= 4 is 11.6 Å². The van der Waals surface area contributed by atoms with Gasteiger partial charge in [-0.05, 0) is 12.1 Å². The fourth-order valence-corrected chi connectivity index (χ4v) is 1.48. The Morgan fingerprint density at radius 2 is 2.24 bits per heavy atom. The molecule has 1 amide bonds. The maximum atomic E-state index is 13.5. The Labute approximate surface area is 96.8 Å². The largest absolute Gasteiger partial charge is 0.398 e. The van der Waals surface area contributed by atoms with E-state index in [1.807, 2.05) is 0 Å². The summed E-state index contributed by atoms with van der Waals surface area (Å²) in [4.78, 5) is 10.9. The van der Waals surface area contributed by atoms with Crippen LogP contribution in [-0.4, -0.2) is 15.7 Å². The van der Waals surface area contributed by atoms with Gasteiger partial charge in [0, 0.05) is 17.4 Å². The normalized spacial score (nSPS) is 10.4. The highest BCUT2D eigenvalue weighted by Crippen LogP contribution is 2.16. The highest BCUT2D eigenvalue weighted by molar-refractivity contribution is 5.92. The monoisotopic (exact) mass is 234 g/mol. The number of nitrogens with zero attached hydrogens (tertiary/aromatic N) is 2. The van der Waals surface area contributed by atoms with Gasteiger partial charge in [0.25, 0.3) is 5.91 Å². The number of nitrogen functional groups attached to an aromatic ring is 1. The van der Waals surface area contributed by atoms with Crippen LogP contribution in [-0.2, 0) is 6.54 Å². The van der Waals surface area contributed by atoms with Gasteiger partial charge < -0.3 is 11.5 Å². The van der Waals surface area contributed by atoms with Gasteiger partial charge in [-0.3, -0.25) is 9.48 Å². The van der Waals surface area contributed by atoms with Crippen molar-refractivity contribution in [1.29, 1.82) is 0 Å². The smallest absolute Gasteiger partial charge is 0.251 e. The summed E-state index contributed by atoms with van der Waals surface area (Å²) in [7, 11) is 0. The fraction of sp³-hybridized carbons (Fsp3) is 0.0909. The number of benzene rings is 1. The molecule has 2 rings (SSSR count). The second kappa shape index (κ2) is 4.25. The van der Waals surface area contributed by atoms with Crippen molar-refractivity contribution in [2.24, 2.45) is 5.73 Å². The molecular formula is C11H11FN4O. The van der Waals surface area contributed by atoms with Crippen LogP contribution in [0.5, 0.6) is 0 Å². The first-order valence-electron chi connectivity index (χ1n) is 4.93. The zero-order chi connectivity index (χ0) is 12.4. The first-order valence-corrected chi connectivity index (χ1v) is 4.93. The number of hydrogen-bond donors (Lipinski definition) is 2. The van der Waals surface area contributed by atoms with Crippen molar-refractivity contribution in [1.82, 2.24) is 9.78 Å². The summed E-state index contributed by atoms with van der Waals surface area (Å²) in [5.74, 6) is -0.973. The van der Waals surface area contributed by atoms with Crippen LogP contribution in [0.3, 0.4) is 0 Å². The fourth-order valence-electron chi connectivity index (χ4n) is 1.48. The molecule has 0 saturated carbocycles. The molecule has 0 atom stereocenters. The Balaban J connectivity index is 2.28. The lowest BCUT2D eigenvalue weighted by Crippen LogP contribution is -2.10. The lowest BCUT2D eigenvalue weighted by molar-refractivity contribution is 0.1000. The zero-order valence-corrected chi connectivity index (χ0v) is 8.93. The minimum atomic E-state index is -0.572. The van der Waals surface area contributed by atoms with Gasteiger partial charge in [0.2, 0.25) is 0 Å². The van der Waals surface area contributed by atoms with Gasteiger partial charge in [0.1, 0.15) is 5.82 Å². The van der Waals surface area contributed by atoms with Crippen molar-refractivity contribution in [2.75, 3.05) is 5.73 Å². The standard InChI is InChI=1S/C11H11FN4O/c12-9-2-1-3-10(13)8(9)6-16-5-7(4-15-16)11(14)17/h1-5H,6,13H2,(H2,14,17). The molecule has 0 aliphatic rings. The van der Waals surface area contributed by atoms with Crippen LogP contribution in [0.15, 0.2) is 30.6 Å². The summed E-state index contributed by atoms with van der Waals surface area (Å²) in [6.45, 7) is 0.159. The van der Waals surface area contributed by atoms with Gasteiger partial charge in [-0.15, -0.1) is 0 Å². The lowest BCUT2D eigenvalue weighted by atomic mass is 10.1. The number of primary amides is 1. The third-order valence-corrected chi connectivity index (χ3v) is 2.39. The van der Waals surface area contributed by atoms with Crippen LogP contribution in [0.1, 0.15) is 15.9 Å². The molecule has 0 saturated heterocycles. The van der Waals surface area contributed by atoms with Crippen molar-refractivity contribution in [3.05, 3.63) is 47.5 Å². The number of amides is 1. The SMILES string of the molecule is NC(=O)c1cnn(Cc2c(N)cccc2F)c1. The second-order valence-electron chi connectivity index (χ2n) is 3.60. The Bertz CT molecular complexity index is 544. The summed E-state index contributed by atoms with van der Waals surface area (Å²) in [6, 6.07) is 4.47. The zero-order valence-electron chi connectivity index (χ0n) is 8.93. The molecule has 0 radical (unpaired) electrons. The molecule has 0 aliphatic heterocycles. The Morgan fingerprint density at radius 3 is 2.82 bits per heavy atom. The number of carbonyl (C=O) groups excluding carboxylic acids is 1. The van der Waals surface area contributed by atoms with E-state index >= 15 is 0 Å².